The lowest BCUT2D eigenvalue weighted by atomic mass is 10.2. The van der Waals surface area contributed by atoms with E-state index in [0.29, 0.717) is 18.2 Å². The molecule has 0 aromatic carbocycles. The molecule has 2 rings (SSSR count). The molecule has 78 valence electrons. The van der Waals surface area contributed by atoms with Crippen molar-refractivity contribution >= 4 is 0 Å². The minimum Gasteiger partial charge on any atom is -0.392 e. The standard InChI is InChI=1S/C10H16N2O2/c1-2-3-9-11-10(14-12-9)6-8(13)7-4-5-7/h7-8,13H,2-6H2,1H3. The van der Waals surface area contributed by atoms with E-state index >= 15 is 0 Å². The predicted molar refractivity (Wildman–Crippen MR) is 50.7 cm³/mol. The maximum Gasteiger partial charge on any atom is 0.229 e. The van der Waals surface area contributed by atoms with Crippen LogP contribution in [0.1, 0.15) is 37.9 Å². The molecule has 0 saturated heterocycles. The Hall–Kier alpha value is -0.900. The fourth-order valence-electron chi connectivity index (χ4n) is 1.52. The van der Waals surface area contributed by atoms with Gasteiger partial charge in [-0.15, -0.1) is 0 Å². The van der Waals surface area contributed by atoms with E-state index in [1.807, 2.05) is 0 Å². The highest BCUT2D eigenvalue weighted by molar-refractivity contribution is 4.92. The second-order valence-corrected chi connectivity index (χ2v) is 3.96. The van der Waals surface area contributed by atoms with E-state index in [1.54, 1.807) is 0 Å². The average Bonchev–Trinajstić information content (AvgIpc) is 2.92. The number of hydrogen-bond donors (Lipinski definition) is 1. The summed E-state index contributed by atoms with van der Waals surface area (Å²) in [5, 5.41) is 13.5. The Kier molecular flexibility index (Phi) is 2.82. The van der Waals surface area contributed by atoms with Crippen LogP contribution in [0.4, 0.5) is 0 Å². The summed E-state index contributed by atoms with van der Waals surface area (Å²) in [6, 6.07) is 0. The Morgan fingerprint density at radius 3 is 3.00 bits per heavy atom. The first-order valence-electron chi connectivity index (χ1n) is 5.29. The van der Waals surface area contributed by atoms with Gasteiger partial charge in [0.05, 0.1) is 12.5 Å². The van der Waals surface area contributed by atoms with Crippen LogP contribution in [-0.4, -0.2) is 21.4 Å². The molecular weight excluding hydrogens is 180 g/mol. The normalized spacial score (nSPS) is 18.4. The van der Waals surface area contributed by atoms with E-state index in [0.717, 1.165) is 31.5 Å². The van der Waals surface area contributed by atoms with E-state index in [2.05, 4.69) is 17.1 Å². The zero-order chi connectivity index (χ0) is 9.97. The third-order valence-electron chi connectivity index (χ3n) is 2.53. The van der Waals surface area contributed by atoms with Crippen molar-refractivity contribution in [3.8, 4) is 0 Å². The molecule has 0 radical (unpaired) electrons. The van der Waals surface area contributed by atoms with Gasteiger partial charge in [-0.25, -0.2) is 0 Å². The first-order valence-corrected chi connectivity index (χ1v) is 5.29. The molecule has 14 heavy (non-hydrogen) atoms. The number of aryl methyl sites for hydroxylation is 1. The first kappa shape index (κ1) is 9.65. The van der Waals surface area contributed by atoms with Crippen molar-refractivity contribution in [3.05, 3.63) is 11.7 Å². The number of nitrogens with zero attached hydrogens (tertiary/aromatic N) is 2. The largest absolute Gasteiger partial charge is 0.392 e. The molecule has 0 bridgehead atoms. The molecule has 1 fully saturated rings. The highest BCUT2D eigenvalue weighted by atomic mass is 16.5. The highest BCUT2D eigenvalue weighted by Gasteiger charge is 2.30. The van der Waals surface area contributed by atoms with E-state index in [1.165, 1.54) is 0 Å². The van der Waals surface area contributed by atoms with Crippen molar-refractivity contribution < 1.29 is 9.63 Å². The first-order chi connectivity index (χ1) is 6.79. The lowest BCUT2D eigenvalue weighted by Crippen LogP contribution is -2.12. The molecule has 4 nitrogen and oxygen atoms in total. The Labute approximate surface area is 83.3 Å². The molecule has 1 aromatic heterocycles. The van der Waals surface area contributed by atoms with Crippen LogP contribution in [-0.2, 0) is 12.8 Å². The van der Waals surface area contributed by atoms with Crippen molar-refractivity contribution in [2.45, 2.75) is 45.1 Å². The van der Waals surface area contributed by atoms with Gasteiger partial charge in [0.1, 0.15) is 0 Å². The van der Waals surface area contributed by atoms with Crippen LogP contribution >= 0.6 is 0 Å². The summed E-state index contributed by atoms with van der Waals surface area (Å²) in [6.45, 7) is 2.08. The van der Waals surface area contributed by atoms with Gasteiger partial charge in [-0.1, -0.05) is 12.1 Å². The van der Waals surface area contributed by atoms with Crippen molar-refractivity contribution in [3.63, 3.8) is 0 Å². The minimum atomic E-state index is -0.287. The molecule has 1 saturated carbocycles. The SMILES string of the molecule is CCCc1noc(CC(O)C2CC2)n1. The molecule has 0 aliphatic heterocycles. The summed E-state index contributed by atoms with van der Waals surface area (Å²) < 4.78 is 5.04. The number of aliphatic hydroxyl groups is 1. The van der Waals surface area contributed by atoms with Crippen molar-refractivity contribution in [2.75, 3.05) is 0 Å². The maximum atomic E-state index is 9.65. The van der Waals surface area contributed by atoms with Crippen LogP contribution in [0.2, 0.25) is 0 Å². The summed E-state index contributed by atoms with van der Waals surface area (Å²) in [5.74, 6) is 1.80. The predicted octanol–water partition coefficient (Wildman–Crippen LogP) is 1.34. The van der Waals surface area contributed by atoms with Gasteiger partial charge < -0.3 is 9.63 Å². The highest BCUT2D eigenvalue weighted by Crippen LogP contribution is 2.33. The molecule has 1 unspecified atom stereocenters. The lowest BCUT2D eigenvalue weighted by molar-refractivity contribution is 0.140. The molecule has 0 amide bonds. The quantitative estimate of drug-likeness (QED) is 0.772. The molecular formula is C10H16N2O2. The maximum absolute atomic E-state index is 9.65. The Morgan fingerprint density at radius 1 is 1.57 bits per heavy atom. The van der Waals surface area contributed by atoms with Crippen LogP contribution < -0.4 is 0 Å². The van der Waals surface area contributed by atoms with Crippen molar-refractivity contribution in [2.24, 2.45) is 5.92 Å². The van der Waals surface area contributed by atoms with Crippen LogP contribution in [0.15, 0.2) is 4.52 Å². The number of rotatable bonds is 5. The zero-order valence-electron chi connectivity index (χ0n) is 8.44. The van der Waals surface area contributed by atoms with E-state index in [4.69, 9.17) is 4.52 Å². The topological polar surface area (TPSA) is 59.2 Å². The van der Waals surface area contributed by atoms with E-state index < -0.39 is 0 Å². The third kappa shape index (κ3) is 2.32. The minimum absolute atomic E-state index is 0.287. The number of aromatic nitrogens is 2. The van der Waals surface area contributed by atoms with E-state index in [9.17, 15) is 5.11 Å². The Morgan fingerprint density at radius 2 is 2.36 bits per heavy atom. The number of aliphatic hydroxyl groups excluding tert-OH is 1. The zero-order valence-corrected chi connectivity index (χ0v) is 8.44. The second kappa shape index (κ2) is 4.09. The van der Waals surface area contributed by atoms with Gasteiger partial charge in [0, 0.05) is 6.42 Å². The van der Waals surface area contributed by atoms with Gasteiger partial charge in [-0.05, 0) is 25.2 Å². The van der Waals surface area contributed by atoms with Gasteiger partial charge in [-0.2, -0.15) is 4.98 Å². The molecule has 1 N–H and O–H groups in total. The Balaban J connectivity index is 1.88. The lowest BCUT2D eigenvalue weighted by Gasteiger charge is -2.03. The second-order valence-electron chi connectivity index (χ2n) is 3.96. The fraction of sp³-hybridized carbons (Fsp3) is 0.800. The summed E-state index contributed by atoms with van der Waals surface area (Å²) in [6.07, 6.45) is 4.37. The van der Waals surface area contributed by atoms with E-state index in [-0.39, 0.29) is 6.10 Å². The third-order valence-corrected chi connectivity index (χ3v) is 2.53. The van der Waals surface area contributed by atoms with Crippen LogP contribution in [0.25, 0.3) is 0 Å². The molecule has 1 aliphatic carbocycles. The Bertz CT molecular complexity index is 294. The summed E-state index contributed by atoms with van der Waals surface area (Å²) in [7, 11) is 0. The summed E-state index contributed by atoms with van der Waals surface area (Å²) in [4.78, 5) is 4.21. The van der Waals surface area contributed by atoms with Gasteiger partial charge in [0.15, 0.2) is 5.82 Å². The molecule has 1 aliphatic rings. The van der Waals surface area contributed by atoms with Gasteiger partial charge in [0.2, 0.25) is 5.89 Å². The molecule has 1 heterocycles. The summed E-state index contributed by atoms with van der Waals surface area (Å²) >= 11 is 0. The molecule has 1 atom stereocenters. The molecule has 1 aromatic rings. The van der Waals surface area contributed by atoms with Crippen molar-refractivity contribution in [1.82, 2.24) is 10.1 Å². The monoisotopic (exact) mass is 196 g/mol. The van der Waals surface area contributed by atoms with Crippen LogP contribution in [0.5, 0.6) is 0 Å². The van der Waals surface area contributed by atoms with Gasteiger partial charge in [0.25, 0.3) is 0 Å². The molecule has 0 spiro atoms. The number of hydrogen-bond acceptors (Lipinski definition) is 4. The average molecular weight is 196 g/mol. The van der Waals surface area contributed by atoms with Crippen LogP contribution in [0, 0.1) is 5.92 Å². The van der Waals surface area contributed by atoms with Crippen LogP contribution in [0.3, 0.4) is 0 Å². The fourth-order valence-corrected chi connectivity index (χ4v) is 1.52. The smallest absolute Gasteiger partial charge is 0.229 e. The van der Waals surface area contributed by atoms with Gasteiger partial charge >= 0.3 is 0 Å². The van der Waals surface area contributed by atoms with Gasteiger partial charge in [-0.3, -0.25) is 0 Å². The summed E-state index contributed by atoms with van der Waals surface area (Å²) in [5.41, 5.74) is 0. The van der Waals surface area contributed by atoms with Crippen molar-refractivity contribution in [1.29, 1.82) is 0 Å². The molecule has 4 heteroatoms.